The van der Waals surface area contributed by atoms with Crippen molar-refractivity contribution in [3.63, 3.8) is 0 Å². The summed E-state index contributed by atoms with van der Waals surface area (Å²) in [4.78, 5) is 24.0. The van der Waals surface area contributed by atoms with Crippen molar-refractivity contribution in [3.05, 3.63) is 29.6 Å². The van der Waals surface area contributed by atoms with E-state index >= 15 is 0 Å². The molecule has 1 fully saturated rings. The molecule has 1 aliphatic rings. The summed E-state index contributed by atoms with van der Waals surface area (Å²) in [6, 6.07) is 4.16. The predicted molar refractivity (Wildman–Crippen MR) is 92.1 cm³/mol. The number of carbonyl (C=O) groups excluding carboxylic acids is 2. The average molecular weight is 359 g/mol. The van der Waals surface area contributed by atoms with Crippen molar-refractivity contribution in [2.75, 3.05) is 13.7 Å². The van der Waals surface area contributed by atoms with Crippen LogP contribution in [0.2, 0.25) is 0 Å². The lowest BCUT2D eigenvalue weighted by molar-refractivity contribution is -0.122. The van der Waals surface area contributed by atoms with Crippen LogP contribution in [-0.2, 0) is 4.79 Å². The van der Waals surface area contributed by atoms with Crippen molar-refractivity contribution < 1.29 is 18.7 Å². The zero-order valence-electron chi connectivity index (χ0n) is 13.7. The van der Waals surface area contributed by atoms with Crippen LogP contribution in [0.5, 0.6) is 5.75 Å². The summed E-state index contributed by atoms with van der Waals surface area (Å²) in [5.41, 5.74) is 5.93. The molecule has 1 saturated carbocycles. The number of rotatable bonds is 7. The standard InChI is InChI=1S/C17H23FN2O3.ClH/c1-23-16-7-5-11(9-13(16)18)15(21)6-8-17(22)20-14-4-2-3-12(14)10-19;/h5,7,9,12,14H,2-4,6,8,10,19H2,1H3,(H,20,22);1H. The Morgan fingerprint density at radius 2 is 2.08 bits per heavy atom. The van der Waals surface area contributed by atoms with E-state index in [1.807, 2.05) is 0 Å². The van der Waals surface area contributed by atoms with E-state index in [1.165, 1.54) is 19.2 Å². The molecule has 0 aromatic heterocycles. The van der Waals surface area contributed by atoms with Gasteiger partial charge in [0.2, 0.25) is 5.91 Å². The number of Topliss-reactive ketones (excluding diaryl/α,β-unsaturated/α-hetero) is 1. The predicted octanol–water partition coefficient (Wildman–Crippen LogP) is 2.46. The monoisotopic (exact) mass is 358 g/mol. The zero-order valence-corrected chi connectivity index (χ0v) is 14.5. The van der Waals surface area contributed by atoms with Crippen LogP contribution >= 0.6 is 12.4 Å². The Morgan fingerprint density at radius 1 is 1.33 bits per heavy atom. The van der Waals surface area contributed by atoms with Gasteiger partial charge in [0.1, 0.15) is 0 Å². The molecule has 24 heavy (non-hydrogen) atoms. The van der Waals surface area contributed by atoms with Crippen LogP contribution in [0, 0.1) is 11.7 Å². The molecule has 1 aromatic rings. The number of hydrogen-bond donors (Lipinski definition) is 2. The summed E-state index contributed by atoms with van der Waals surface area (Å²) in [5.74, 6) is -0.584. The van der Waals surface area contributed by atoms with Gasteiger partial charge in [-0.2, -0.15) is 0 Å². The molecule has 2 atom stereocenters. The van der Waals surface area contributed by atoms with E-state index in [-0.39, 0.29) is 54.3 Å². The molecule has 0 saturated heterocycles. The highest BCUT2D eigenvalue weighted by Crippen LogP contribution is 2.24. The number of benzene rings is 1. The zero-order chi connectivity index (χ0) is 16.8. The first-order valence-corrected chi connectivity index (χ1v) is 7.91. The van der Waals surface area contributed by atoms with Crippen molar-refractivity contribution >= 4 is 24.1 Å². The van der Waals surface area contributed by atoms with Crippen molar-refractivity contribution in [1.82, 2.24) is 5.32 Å². The highest BCUT2D eigenvalue weighted by atomic mass is 35.5. The van der Waals surface area contributed by atoms with Crippen LogP contribution in [-0.4, -0.2) is 31.4 Å². The molecule has 0 radical (unpaired) electrons. The Bertz CT molecular complexity index is 583. The van der Waals surface area contributed by atoms with Crippen molar-refractivity contribution in [1.29, 1.82) is 0 Å². The average Bonchev–Trinajstić information content (AvgIpc) is 2.99. The van der Waals surface area contributed by atoms with Gasteiger partial charge in [-0.05, 0) is 43.5 Å². The van der Waals surface area contributed by atoms with Crippen LogP contribution < -0.4 is 15.8 Å². The SMILES string of the molecule is COc1ccc(C(=O)CCC(=O)NC2CCCC2CN)cc1F.Cl. The Labute approximate surface area is 147 Å². The molecule has 2 rings (SSSR count). The molecular formula is C17H24ClFN2O3. The van der Waals surface area contributed by atoms with Crippen LogP contribution in [0.4, 0.5) is 4.39 Å². The molecule has 5 nitrogen and oxygen atoms in total. The second-order valence-corrected chi connectivity index (χ2v) is 5.87. The second-order valence-electron chi connectivity index (χ2n) is 5.87. The van der Waals surface area contributed by atoms with E-state index in [0.29, 0.717) is 12.5 Å². The lowest BCUT2D eigenvalue weighted by Gasteiger charge is -2.19. The maximum atomic E-state index is 13.6. The third kappa shape index (κ3) is 5.18. The van der Waals surface area contributed by atoms with Crippen LogP contribution in [0.25, 0.3) is 0 Å². The van der Waals surface area contributed by atoms with Gasteiger partial charge in [-0.15, -0.1) is 12.4 Å². The van der Waals surface area contributed by atoms with Crippen molar-refractivity contribution in [2.24, 2.45) is 11.7 Å². The molecule has 1 aromatic carbocycles. The number of methoxy groups -OCH3 is 1. The van der Waals surface area contributed by atoms with Gasteiger partial charge < -0.3 is 15.8 Å². The number of carbonyl (C=O) groups is 2. The Morgan fingerprint density at radius 3 is 2.71 bits per heavy atom. The molecule has 3 N–H and O–H groups in total. The lowest BCUT2D eigenvalue weighted by atomic mass is 10.0. The third-order valence-electron chi connectivity index (χ3n) is 4.36. The fraction of sp³-hybridized carbons (Fsp3) is 0.529. The Kier molecular flexibility index (Phi) is 8.15. The number of halogens is 2. The lowest BCUT2D eigenvalue weighted by Crippen LogP contribution is -2.39. The number of nitrogens with one attached hydrogen (secondary N) is 1. The van der Waals surface area contributed by atoms with Gasteiger partial charge in [0, 0.05) is 24.4 Å². The fourth-order valence-electron chi connectivity index (χ4n) is 3.00. The van der Waals surface area contributed by atoms with E-state index < -0.39 is 5.82 Å². The molecule has 1 aliphatic carbocycles. The van der Waals surface area contributed by atoms with E-state index in [2.05, 4.69) is 5.32 Å². The topological polar surface area (TPSA) is 81.4 Å². The molecule has 1 amide bonds. The number of hydrogen-bond acceptors (Lipinski definition) is 4. The first kappa shape index (κ1) is 20.4. The number of ether oxygens (including phenoxy) is 1. The molecule has 134 valence electrons. The van der Waals surface area contributed by atoms with Gasteiger partial charge in [0.25, 0.3) is 0 Å². The van der Waals surface area contributed by atoms with E-state index in [1.54, 1.807) is 0 Å². The van der Waals surface area contributed by atoms with Gasteiger partial charge in [-0.3, -0.25) is 9.59 Å². The van der Waals surface area contributed by atoms with Gasteiger partial charge >= 0.3 is 0 Å². The first-order chi connectivity index (χ1) is 11.0. The highest BCUT2D eigenvalue weighted by Gasteiger charge is 2.27. The third-order valence-corrected chi connectivity index (χ3v) is 4.36. The number of nitrogens with two attached hydrogens (primary N) is 1. The highest BCUT2D eigenvalue weighted by molar-refractivity contribution is 5.98. The van der Waals surface area contributed by atoms with Gasteiger partial charge in [0.15, 0.2) is 17.3 Å². The molecule has 0 heterocycles. The quantitative estimate of drug-likeness (QED) is 0.733. The summed E-state index contributed by atoms with van der Waals surface area (Å²) in [6.07, 6.45) is 3.19. The summed E-state index contributed by atoms with van der Waals surface area (Å²) in [6.45, 7) is 0.564. The normalized spacial score (nSPS) is 19.5. The first-order valence-electron chi connectivity index (χ1n) is 7.91. The summed E-state index contributed by atoms with van der Waals surface area (Å²) in [5, 5.41) is 2.95. The van der Waals surface area contributed by atoms with Crippen molar-refractivity contribution in [3.8, 4) is 5.75 Å². The fourth-order valence-corrected chi connectivity index (χ4v) is 3.00. The van der Waals surface area contributed by atoms with Crippen molar-refractivity contribution in [2.45, 2.75) is 38.1 Å². The number of ketones is 1. The molecule has 0 aliphatic heterocycles. The van der Waals surface area contributed by atoms with Gasteiger partial charge in [-0.25, -0.2) is 4.39 Å². The molecule has 7 heteroatoms. The Balaban J connectivity index is 0.00000288. The minimum atomic E-state index is -0.584. The molecule has 0 spiro atoms. The van der Waals surface area contributed by atoms with E-state index in [0.717, 1.165) is 25.3 Å². The second kappa shape index (κ2) is 9.59. The summed E-state index contributed by atoms with van der Waals surface area (Å²) in [7, 11) is 1.36. The molecular weight excluding hydrogens is 335 g/mol. The van der Waals surface area contributed by atoms with Crippen LogP contribution in [0.3, 0.4) is 0 Å². The Hall–Kier alpha value is -1.66. The number of amides is 1. The minimum Gasteiger partial charge on any atom is -0.494 e. The minimum absolute atomic E-state index is 0. The van der Waals surface area contributed by atoms with E-state index in [9.17, 15) is 14.0 Å². The molecule has 0 bridgehead atoms. The van der Waals surface area contributed by atoms with Gasteiger partial charge in [-0.1, -0.05) is 6.42 Å². The van der Waals surface area contributed by atoms with E-state index in [4.69, 9.17) is 10.5 Å². The smallest absolute Gasteiger partial charge is 0.220 e. The maximum Gasteiger partial charge on any atom is 0.220 e. The van der Waals surface area contributed by atoms with Crippen LogP contribution in [0.15, 0.2) is 18.2 Å². The largest absolute Gasteiger partial charge is 0.494 e. The summed E-state index contributed by atoms with van der Waals surface area (Å²) >= 11 is 0. The maximum absolute atomic E-state index is 13.6. The van der Waals surface area contributed by atoms with Crippen LogP contribution in [0.1, 0.15) is 42.5 Å². The van der Waals surface area contributed by atoms with Gasteiger partial charge in [0.05, 0.1) is 7.11 Å². The summed E-state index contributed by atoms with van der Waals surface area (Å²) < 4.78 is 18.4. The molecule has 2 unspecified atom stereocenters.